The zero-order valence-electron chi connectivity index (χ0n) is 5.90. The Labute approximate surface area is 53.7 Å². The van der Waals surface area contributed by atoms with E-state index in [9.17, 15) is 0 Å². The molecule has 0 saturated carbocycles. The van der Waals surface area contributed by atoms with Crippen LogP contribution in [0.15, 0.2) is 11.3 Å². The molecule has 0 N–H and O–H groups in total. The standard InChI is InChI=1S/C6H14OSi/c1-4-6(3)8-7-5-2/h4H,5,8H2,1-3H3. The maximum Gasteiger partial charge on any atom is 0.187 e. The Morgan fingerprint density at radius 3 is 2.75 bits per heavy atom. The number of rotatable bonds is 3. The van der Waals surface area contributed by atoms with Crippen molar-refractivity contribution in [3.8, 4) is 0 Å². The molecule has 0 rings (SSSR count). The second-order valence-electron chi connectivity index (χ2n) is 1.77. The van der Waals surface area contributed by atoms with Gasteiger partial charge in [0.05, 0.1) is 0 Å². The van der Waals surface area contributed by atoms with Gasteiger partial charge in [-0.1, -0.05) is 11.3 Å². The molecule has 0 heterocycles. The van der Waals surface area contributed by atoms with Crippen molar-refractivity contribution in [3.05, 3.63) is 11.3 Å². The molecule has 2 heteroatoms. The van der Waals surface area contributed by atoms with Crippen molar-refractivity contribution in [2.24, 2.45) is 0 Å². The Bertz CT molecular complexity index is 78.6. The van der Waals surface area contributed by atoms with Crippen LogP contribution in [-0.4, -0.2) is 16.4 Å². The van der Waals surface area contributed by atoms with Gasteiger partial charge in [0.15, 0.2) is 9.76 Å². The van der Waals surface area contributed by atoms with Gasteiger partial charge in [-0.3, -0.25) is 0 Å². The third-order valence-electron chi connectivity index (χ3n) is 1.03. The highest BCUT2D eigenvalue weighted by molar-refractivity contribution is 6.37. The minimum absolute atomic E-state index is 0.303. The smallest absolute Gasteiger partial charge is 0.187 e. The summed E-state index contributed by atoms with van der Waals surface area (Å²) in [6.07, 6.45) is 2.13. The fourth-order valence-corrected chi connectivity index (χ4v) is 1.04. The highest BCUT2D eigenvalue weighted by Gasteiger charge is 1.84. The van der Waals surface area contributed by atoms with Gasteiger partial charge in [0.2, 0.25) is 0 Å². The summed E-state index contributed by atoms with van der Waals surface area (Å²) in [6.45, 7) is 7.09. The largest absolute Gasteiger partial charge is 0.419 e. The average Bonchev–Trinajstić information content (AvgIpc) is 1.83. The normalized spacial score (nSPS) is 13.6. The third-order valence-corrected chi connectivity index (χ3v) is 2.50. The maximum atomic E-state index is 5.26. The molecule has 0 fully saturated rings. The summed E-state index contributed by atoms with van der Waals surface area (Å²) >= 11 is 0. The van der Waals surface area contributed by atoms with E-state index in [-0.39, 0.29) is 9.76 Å². The van der Waals surface area contributed by atoms with Crippen molar-refractivity contribution >= 4 is 9.76 Å². The molecule has 0 saturated heterocycles. The van der Waals surface area contributed by atoms with Crippen LogP contribution in [-0.2, 0) is 4.43 Å². The molecule has 0 unspecified atom stereocenters. The van der Waals surface area contributed by atoms with E-state index in [4.69, 9.17) is 4.43 Å². The zero-order chi connectivity index (χ0) is 6.41. The summed E-state index contributed by atoms with van der Waals surface area (Å²) in [5, 5.41) is 1.44. The van der Waals surface area contributed by atoms with E-state index in [1.165, 1.54) is 5.20 Å². The molecule has 0 bridgehead atoms. The molecule has 48 valence electrons. The minimum atomic E-state index is -0.303. The first kappa shape index (κ1) is 7.92. The number of allylic oxidation sites excluding steroid dienone is 2. The molecule has 0 aliphatic rings. The van der Waals surface area contributed by atoms with Crippen molar-refractivity contribution in [2.75, 3.05) is 6.61 Å². The summed E-state index contributed by atoms with van der Waals surface area (Å²) in [5.74, 6) is 0. The fourth-order valence-electron chi connectivity index (χ4n) is 0.346. The van der Waals surface area contributed by atoms with E-state index >= 15 is 0 Å². The van der Waals surface area contributed by atoms with Crippen molar-refractivity contribution < 1.29 is 4.43 Å². The Kier molecular flexibility index (Phi) is 5.01. The molecule has 0 aromatic carbocycles. The van der Waals surface area contributed by atoms with E-state index in [2.05, 4.69) is 19.9 Å². The van der Waals surface area contributed by atoms with E-state index in [0.29, 0.717) is 0 Å². The van der Waals surface area contributed by atoms with E-state index in [1.54, 1.807) is 0 Å². The summed E-state index contributed by atoms with van der Waals surface area (Å²) in [6, 6.07) is 0. The van der Waals surface area contributed by atoms with Crippen LogP contribution in [0.2, 0.25) is 0 Å². The van der Waals surface area contributed by atoms with Gasteiger partial charge >= 0.3 is 0 Å². The molecule has 0 aliphatic carbocycles. The minimum Gasteiger partial charge on any atom is -0.419 e. The van der Waals surface area contributed by atoms with Gasteiger partial charge in [-0.15, -0.1) is 0 Å². The number of hydrogen-bond donors (Lipinski definition) is 0. The molecule has 0 spiro atoms. The first-order chi connectivity index (χ1) is 3.81. The van der Waals surface area contributed by atoms with Crippen LogP contribution in [0.4, 0.5) is 0 Å². The van der Waals surface area contributed by atoms with Crippen LogP contribution in [0.1, 0.15) is 20.8 Å². The highest BCUT2D eigenvalue weighted by Crippen LogP contribution is 1.87. The second kappa shape index (κ2) is 5.06. The quantitative estimate of drug-likeness (QED) is 0.518. The molecule has 0 aromatic heterocycles. The summed E-state index contributed by atoms with van der Waals surface area (Å²) in [7, 11) is -0.303. The SMILES string of the molecule is CC=C(C)[SiH2]OCC. The lowest BCUT2D eigenvalue weighted by Gasteiger charge is -1.96. The second-order valence-corrected chi connectivity index (χ2v) is 3.58. The lowest BCUT2D eigenvalue weighted by atomic mass is 10.6. The Morgan fingerprint density at radius 1 is 1.75 bits per heavy atom. The summed E-state index contributed by atoms with van der Waals surface area (Å²) in [4.78, 5) is 0. The zero-order valence-corrected chi connectivity index (χ0v) is 7.31. The Hall–Kier alpha value is -0.0831. The lowest BCUT2D eigenvalue weighted by molar-refractivity contribution is 0.365. The maximum absolute atomic E-state index is 5.26. The molecule has 0 atom stereocenters. The molecule has 8 heavy (non-hydrogen) atoms. The van der Waals surface area contributed by atoms with Crippen LogP contribution < -0.4 is 0 Å². The fraction of sp³-hybridized carbons (Fsp3) is 0.667. The van der Waals surface area contributed by atoms with Crippen molar-refractivity contribution in [1.82, 2.24) is 0 Å². The summed E-state index contributed by atoms with van der Waals surface area (Å²) in [5.41, 5.74) is 0. The lowest BCUT2D eigenvalue weighted by Crippen LogP contribution is -1.98. The van der Waals surface area contributed by atoms with Crippen molar-refractivity contribution in [3.63, 3.8) is 0 Å². The monoisotopic (exact) mass is 130 g/mol. The molecule has 0 amide bonds. The van der Waals surface area contributed by atoms with Gasteiger partial charge in [0, 0.05) is 6.61 Å². The Balaban J connectivity index is 3.12. The van der Waals surface area contributed by atoms with Crippen LogP contribution in [0.5, 0.6) is 0 Å². The van der Waals surface area contributed by atoms with Crippen molar-refractivity contribution in [2.45, 2.75) is 20.8 Å². The first-order valence-electron chi connectivity index (χ1n) is 3.00. The first-order valence-corrected chi connectivity index (χ1v) is 4.29. The van der Waals surface area contributed by atoms with Gasteiger partial charge < -0.3 is 4.43 Å². The molecule has 0 radical (unpaired) electrons. The highest BCUT2D eigenvalue weighted by atomic mass is 28.2. The average molecular weight is 130 g/mol. The van der Waals surface area contributed by atoms with Gasteiger partial charge in [-0.25, -0.2) is 0 Å². The van der Waals surface area contributed by atoms with Crippen molar-refractivity contribution in [1.29, 1.82) is 0 Å². The van der Waals surface area contributed by atoms with Crippen LogP contribution in [0.25, 0.3) is 0 Å². The van der Waals surface area contributed by atoms with Crippen LogP contribution in [0.3, 0.4) is 0 Å². The predicted octanol–water partition coefficient (Wildman–Crippen LogP) is 1.03. The van der Waals surface area contributed by atoms with Gasteiger partial charge in [0.1, 0.15) is 0 Å². The molecule has 0 aliphatic heterocycles. The van der Waals surface area contributed by atoms with E-state index in [0.717, 1.165) is 6.61 Å². The molecule has 0 aromatic rings. The molecular weight excluding hydrogens is 116 g/mol. The van der Waals surface area contributed by atoms with Crippen LogP contribution >= 0.6 is 0 Å². The summed E-state index contributed by atoms with van der Waals surface area (Å²) < 4.78 is 5.26. The predicted molar refractivity (Wildman–Crippen MR) is 39.6 cm³/mol. The van der Waals surface area contributed by atoms with Gasteiger partial charge in [-0.05, 0) is 20.8 Å². The Morgan fingerprint density at radius 2 is 2.38 bits per heavy atom. The number of hydrogen-bond acceptors (Lipinski definition) is 1. The topological polar surface area (TPSA) is 9.23 Å². The molecular formula is C6H14OSi. The van der Waals surface area contributed by atoms with E-state index < -0.39 is 0 Å². The molecule has 1 nitrogen and oxygen atoms in total. The van der Waals surface area contributed by atoms with Gasteiger partial charge in [-0.2, -0.15) is 0 Å². The third kappa shape index (κ3) is 4.09. The van der Waals surface area contributed by atoms with E-state index in [1.807, 2.05) is 6.92 Å². The van der Waals surface area contributed by atoms with Crippen LogP contribution in [0, 0.1) is 0 Å². The van der Waals surface area contributed by atoms with Gasteiger partial charge in [0.25, 0.3) is 0 Å².